The van der Waals surface area contributed by atoms with E-state index >= 15 is 0 Å². The molecule has 14 heavy (non-hydrogen) atoms. The van der Waals surface area contributed by atoms with Crippen LogP contribution in [0.4, 0.5) is 0 Å². The zero-order valence-corrected chi connectivity index (χ0v) is 7.60. The zero-order valence-electron chi connectivity index (χ0n) is 7.60. The lowest BCUT2D eigenvalue weighted by Crippen LogP contribution is -2.20. The summed E-state index contributed by atoms with van der Waals surface area (Å²) in [5, 5.41) is 17.4. The molecule has 0 radical (unpaired) electrons. The largest absolute Gasteiger partial charge is 0.480 e. The number of carboxylic acids is 2. The fourth-order valence-corrected chi connectivity index (χ4v) is 1.15. The molecule has 0 aliphatic rings. The zero-order chi connectivity index (χ0) is 10.7. The molecule has 0 aliphatic carbocycles. The Bertz CT molecular complexity index is 339. The Labute approximate surface area is 80.8 Å². The summed E-state index contributed by atoms with van der Waals surface area (Å²) >= 11 is 0. The standard InChI is InChI=1S/C10H10O4/c1-6-2-4-7(5-3-6)8(9(11)12)10(13)14/h2-5,8H,1H3,(H,11,12)(H,13,14). The van der Waals surface area contributed by atoms with Gasteiger partial charge in [0.25, 0.3) is 0 Å². The predicted molar refractivity (Wildman–Crippen MR) is 49.2 cm³/mol. The lowest BCUT2D eigenvalue weighted by Gasteiger charge is -2.07. The van der Waals surface area contributed by atoms with E-state index in [4.69, 9.17) is 10.2 Å². The van der Waals surface area contributed by atoms with Crippen molar-refractivity contribution in [1.29, 1.82) is 0 Å². The Balaban J connectivity index is 3.06. The van der Waals surface area contributed by atoms with Crippen LogP contribution in [0.3, 0.4) is 0 Å². The Morgan fingerprint density at radius 3 is 1.86 bits per heavy atom. The molecule has 2 N–H and O–H groups in total. The molecule has 0 aliphatic heterocycles. The number of carbonyl (C=O) groups is 2. The molecule has 0 heterocycles. The van der Waals surface area contributed by atoms with E-state index in [1.807, 2.05) is 6.92 Å². The van der Waals surface area contributed by atoms with Crippen LogP contribution >= 0.6 is 0 Å². The number of hydrogen-bond acceptors (Lipinski definition) is 2. The average Bonchev–Trinajstić information content (AvgIpc) is 2.07. The number of benzene rings is 1. The van der Waals surface area contributed by atoms with Crippen LogP contribution in [0.1, 0.15) is 17.0 Å². The third-order valence-corrected chi connectivity index (χ3v) is 1.90. The van der Waals surface area contributed by atoms with Gasteiger partial charge in [-0.05, 0) is 12.5 Å². The summed E-state index contributed by atoms with van der Waals surface area (Å²) in [6, 6.07) is 6.41. The number of hydrogen-bond donors (Lipinski definition) is 2. The molecule has 0 amide bonds. The van der Waals surface area contributed by atoms with Gasteiger partial charge < -0.3 is 10.2 Å². The van der Waals surface area contributed by atoms with Crippen LogP contribution < -0.4 is 0 Å². The van der Waals surface area contributed by atoms with Crippen molar-refractivity contribution in [2.45, 2.75) is 12.8 Å². The van der Waals surface area contributed by atoms with E-state index in [2.05, 4.69) is 0 Å². The van der Waals surface area contributed by atoms with Crippen LogP contribution in [-0.4, -0.2) is 22.2 Å². The van der Waals surface area contributed by atoms with Gasteiger partial charge in [0, 0.05) is 0 Å². The molecule has 0 saturated heterocycles. The topological polar surface area (TPSA) is 74.6 Å². The van der Waals surface area contributed by atoms with Gasteiger partial charge in [0.2, 0.25) is 0 Å². The molecule has 0 aromatic heterocycles. The summed E-state index contributed by atoms with van der Waals surface area (Å²) in [4.78, 5) is 21.3. The van der Waals surface area contributed by atoms with Gasteiger partial charge in [-0.2, -0.15) is 0 Å². The highest BCUT2D eigenvalue weighted by Crippen LogP contribution is 2.16. The molecule has 4 heteroatoms. The molecule has 0 fully saturated rings. The van der Waals surface area contributed by atoms with Gasteiger partial charge in [-0.15, -0.1) is 0 Å². The maximum Gasteiger partial charge on any atom is 0.322 e. The molecule has 0 saturated carbocycles. The third kappa shape index (κ3) is 2.10. The minimum absolute atomic E-state index is 0.288. The van der Waals surface area contributed by atoms with E-state index in [1.54, 1.807) is 12.1 Å². The summed E-state index contributed by atoms with van der Waals surface area (Å²) in [5.74, 6) is -4.17. The lowest BCUT2D eigenvalue weighted by atomic mass is 9.99. The molecule has 0 bridgehead atoms. The molecule has 4 nitrogen and oxygen atoms in total. The molecule has 74 valence electrons. The van der Waals surface area contributed by atoms with Crippen molar-refractivity contribution in [1.82, 2.24) is 0 Å². The molecular formula is C10H10O4. The quantitative estimate of drug-likeness (QED) is 0.710. The summed E-state index contributed by atoms with van der Waals surface area (Å²) in [5.41, 5.74) is 1.25. The van der Waals surface area contributed by atoms with E-state index in [0.29, 0.717) is 0 Å². The first kappa shape index (κ1) is 10.2. The second kappa shape index (κ2) is 3.91. The van der Waals surface area contributed by atoms with Gasteiger partial charge in [-0.1, -0.05) is 29.8 Å². The van der Waals surface area contributed by atoms with Gasteiger partial charge in [-0.25, -0.2) is 0 Å². The highest BCUT2D eigenvalue weighted by Gasteiger charge is 2.27. The van der Waals surface area contributed by atoms with Crippen LogP contribution in [0, 0.1) is 6.92 Å². The van der Waals surface area contributed by atoms with Crippen molar-refractivity contribution >= 4 is 11.9 Å². The van der Waals surface area contributed by atoms with Crippen molar-refractivity contribution in [2.75, 3.05) is 0 Å². The molecule has 0 unspecified atom stereocenters. The Morgan fingerprint density at radius 1 is 1.07 bits per heavy atom. The van der Waals surface area contributed by atoms with Crippen LogP contribution in [-0.2, 0) is 9.59 Å². The summed E-state index contributed by atoms with van der Waals surface area (Å²) in [7, 11) is 0. The Hall–Kier alpha value is -1.84. The van der Waals surface area contributed by atoms with E-state index in [9.17, 15) is 9.59 Å². The summed E-state index contributed by atoms with van der Waals surface area (Å²) in [6.45, 7) is 1.85. The fraction of sp³-hybridized carbons (Fsp3) is 0.200. The maximum absolute atomic E-state index is 10.6. The van der Waals surface area contributed by atoms with Crippen molar-refractivity contribution in [3.05, 3.63) is 35.4 Å². The lowest BCUT2D eigenvalue weighted by molar-refractivity contribution is -0.150. The molecule has 0 spiro atoms. The second-order valence-corrected chi connectivity index (χ2v) is 3.02. The molecule has 1 aromatic carbocycles. The van der Waals surface area contributed by atoms with Gasteiger partial charge >= 0.3 is 11.9 Å². The first-order valence-electron chi connectivity index (χ1n) is 4.04. The van der Waals surface area contributed by atoms with Crippen LogP contribution in [0.2, 0.25) is 0 Å². The molecule has 1 rings (SSSR count). The van der Waals surface area contributed by atoms with Crippen LogP contribution in [0.5, 0.6) is 0 Å². The van der Waals surface area contributed by atoms with Crippen molar-refractivity contribution in [2.24, 2.45) is 0 Å². The van der Waals surface area contributed by atoms with E-state index in [1.165, 1.54) is 12.1 Å². The molecular weight excluding hydrogens is 184 g/mol. The number of carboxylic acid groups (broad SMARTS) is 2. The highest BCUT2D eigenvalue weighted by atomic mass is 16.4. The van der Waals surface area contributed by atoms with Gasteiger partial charge in [0.15, 0.2) is 5.92 Å². The predicted octanol–water partition coefficient (Wildman–Crippen LogP) is 1.25. The van der Waals surface area contributed by atoms with Crippen molar-refractivity contribution < 1.29 is 19.8 Å². The molecule has 1 aromatic rings. The minimum atomic E-state index is -1.48. The normalized spacial score (nSPS) is 10.1. The van der Waals surface area contributed by atoms with E-state index in [0.717, 1.165) is 5.56 Å². The first-order valence-corrected chi connectivity index (χ1v) is 4.04. The maximum atomic E-state index is 10.6. The minimum Gasteiger partial charge on any atom is -0.480 e. The Kier molecular flexibility index (Phi) is 2.86. The monoisotopic (exact) mass is 194 g/mol. The van der Waals surface area contributed by atoms with E-state index in [-0.39, 0.29) is 5.56 Å². The Morgan fingerprint density at radius 2 is 1.50 bits per heavy atom. The van der Waals surface area contributed by atoms with E-state index < -0.39 is 17.9 Å². The van der Waals surface area contributed by atoms with Gasteiger partial charge in [0.1, 0.15) is 0 Å². The van der Waals surface area contributed by atoms with Crippen LogP contribution in [0.25, 0.3) is 0 Å². The summed E-state index contributed by atoms with van der Waals surface area (Å²) < 4.78 is 0. The van der Waals surface area contributed by atoms with Crippen molar-refractivity contribution in [3.8, 4) is 0 Å². The number of rotatable bonds is 3. The smallest absolute Gasteiger partial charge is 0.322 e. The summed E-state index contributed by atoms with van der Waals surface area (Å²) in [6.07, 6.45) is 0. The SMILES string of the molecule is Cc1ccc(C(C(=O)O)C(=O)O)cc1. The first-order chi connectivity index (χ1) is 6.52. The third-order valence-electron chi connectivity index (χ3n) is 1.90. The molecule has 0 atom stereocenters. The number of aryl methyl sites for hydroxylation is 1. The fourth-order valence-electron chi connectivity index (χ4n) is 1.15. The second-order valence-electron chi connectivity index (χ2n) is 3.02. The van der Waals surface area contributed by atoms with Gasteiger partial charge in [0.05, 0.1) is 0 Å². The van der Waals surface area contributed by atoms with Gasteiger partial charge in [-0.3, -0.25) is 9.59 Å². The highest BCUT2D eigenvalue weighted by molar-refractivity contribution is 5.98. The van der Waals surface area contributed by atoms with Crippen molar-refractivity contribution in [3.63, 3.8) is 0 Å². The van der Waals surface area contributed by atoms with Crippen LogP contribution in [0.15, 0.2) is 24.3 Å². The number of aliphatic carboxylic acids is 2. The average molecular weight is 194 g/mol.